The highest BCUT2D eigenvalue weighted by atomic mass is 127. The fraction of sp³-hybridized carbons (Fsp3) is 0.200. The van der Waals surface area contributed by atoms with Crippen LogP contribution in [0.2, 0.25) is 0 Å². The largest absolute Gasteiger partial charge is 0.249 e. The van der Waals surface area contributed by atoms with Crippen LogP contribution in [0, 0.1) is 13.8 Å². The highest BCUT2D eigenvalue weighted by Crippen LogP contribution is 2.44. The first kappa shape index (κ1) is 23.4. The molecule has 1 aliphatic rings. The van der Waals surface area contributed by atoms with Crippen molar-refractivity contribution >= 4 is 43.4 Å². The zero-order chi connectivity index (χ0) is 22.9. The van der Waals surface area contributed by atoms with E-state index in [0.717, 1.165) is 16.7 Å². The van der Waals surface area contributed by atoms with Crippen LogP contribution in [0.5, 0.6) is 0 Å². The van der Waals surface area contributed by atoms with E-state index in [2.05, 4.69) is 22.6 Å². The number of benzene rings is 3. The Kier molecular flexibility index (Phi) is 7.00. The van der Waals surface area contributed by atoms with Crippen molar-refractivity contribution in [3.05, 3.63) is 107 Å². The lowest BCUT2D eigenvalue weighted by Gasteiger charge is -2.30. The lowest BCUT2D eigenvalue weighted by Crippen LogP contribution is -2.39. The van der Waals surface area contributed by atoms with Gasteiger partial charge in [0.15, 0.2) is 0 Å². The zero-order valence-corrected chi connectivity index (χ0v) is 21.6. The Morgan fingerprint density at radius 1 is 0.875 bits per heavy atom. The summed E-state index contributed by atoms with van der Waals surface area (Å²) in [5.74, 6) is 0. The Bertz CT molecular complexity index is 1250. The maximum atomic E-state index is 13.8. The summed E-state index contributed by atoms with van der Waals surface area (Å²) in [7, 11) is -5.31. The summed E-state index contributed by atoms with van der Waals surface area (Å²) in [5.41, 5.74) is 2.89. The summed E-state index contributed by atoms with van der Waals surface area (Å²) < 4.78 is 43.4. The second kappa shape index (κ2) is 9.59. The zero-order valence-electron chi connectivity index (χ0n) is 17.8. The average Bonchev–Trinajstić information content (AvgIpc) is 3.20. The van der Waals surface area contributed by atoms with Gasteiger partial charge >= 0.3 is 0 Å². The number of alkyl halides is 1. The highest BCUT2D eigenvalue weighted by molar-refractivity contribution is 14.1. The first-order valence-corrected chi connectivity index (χ1v) is 14.4. The summed E-state index contributed by atoms with van der Waals surface area (Å²) in [4.78, 5) is 1.52. The van der Waals surface area contributed by atoms with Crippen LogP contribution in [0.4, 0.5) is 0 Å². The van der Waals surface area contributed by atoms with Crippen LogP contribution in [0.15, 0.2) is 99.6 Å². The molecule has 166 valence electrons. The Morgan fingerprint density at radius 3 is 2.00 bits per heavy atom. The molecule has 32 heavy (non-hydrogen) atoms. The standard InChI is InChI=1S/C25H24INO3S2/c1-18-8-12-22(13-9-18)31(28)24-16-21(17-26)27(25(24)20-6-4-3-5-7-20)32(29,30)23-14-10-19(2)11-15-23/h3-16,21,25H,17H2,1-2H3/t21-,25-,31-/m0/s1. The van der Waals surface area contributed by atoms with E-state index in [4.69, 9.17) is 0 Å². The van der Waals surface area contributed by atoms with Crippen molar-refractivity contribution in [3.8, 4) is 0 Å². The third-order valence-electron chi connectivity index (χ3n) is 5.53. The molecule has 4 nitrogen and oxygen atoms in total. The van der Waals surface area contributed by atoms with Gasteiger partial charge in [0, 0.05) is 14.2 Å². The molecule has 1 heterocycles. The summed E-state index contributed by atoms with van der Waals surface area (Å²) in [6.07, 6.45) is 1.88. The van der Waals surface area contributed by atoms with Crippen molar-refractivity contribution in [2.75, 3.05) is 4.43 Å². The lowest BCUT2D eigenvalue weighted by molar-refractivity contribution is 0.362. The molecule has 0 unspecified atom stereocenters. The minimum absolute atomic E-state index is 0.245. The molecule has 0 aliphatic carbocycles. The van der Waals surface area contributed by atoms with Gasteiger partial charge in [-0.05, 0) is 43.7 Å². The van der Waals surface area contributed by atoms with Crippen LogP contribution in [0.1, 0.15) is 22.7 Å². The minimum Gasteiger partial charge on any atom is -0.249 e. The number of hydrogen-bond donors (Lipinski definition) is 0. The maximum absolute atomic E-state index is 13.8. The molecular formula is C25H24INO3S2. The Morgan fingerprint density at radius 2 is 1.44 bits per heavy atom. The molecule has 7 heteroatoms. The van der Waals surface area contributed by atoms with Crippen molar-refractivity contribution in [1.82, 2.24) is 4.31 Å². The molecule has 3 aromatic carbocycles. The normalized spacial score (nSPS) is 20.2. The summed E-state index contributed by atoms with van der Waals surface area (Å²) >= 11 is 2.20. The van der Waals surface area contributed by atoms with E-state index in [0.29, 0.717) is 14.2 Å². The van der Waals surface area contributed by atoms with Gasteiger partial charge < -0.3 is 0 Å². The molecule has 4 rings (SSSR count). The predicted octanol–water partition coefficient (Wildman–Crippen LogP) is 5.54. The second-order valence-corrected chi connectivity index (χ2v) is 12.0. The molecule has 0 radical (unpaired) electrons. The highest BCUT2D eigenvalue weighted by Gasteiger charge is 2.45. The van der Waals surface area contributed by atoms with E-state index in [9.17, 15) is 12.6 Å². The molecular weight excluding hydrogens is 553 g/mol. The van der Waals surface area contributed by atoms with Crippen LogP contribution in [-0.2, 0) is 20.8 Å². The third-order valence-corrected chi connectivity index (χ3v) is 9.82. The molecule has 1 aliphatic heterocycles. The van der Waals surface area contributed by atoms with Crippen molar-refractivity contribution < 1.29 is 12.6 Å². The molecule has 0 N–H and O–H groups in total. The van der Waals surface area contributed by atoms with E-state index in [1.807, 2.05) is 74.5 Å². The van der Waals surface area contributed by atoms with Crippen LogP contribution in [0.3, 0.4) is 0 Å². The maximum Gasteiger partial charge on any atom is 0.244 e. The van der Waals surface area contributed by atoms with Gasteiger partial charge in [-0.2, -0.15) is 4.31 Å². The van der Waals surface area contributed by atoms with E-state index in [1.54, 1.807) is 24.3 Å². The number of rotatable bonds is 6. The number of hydrogen-bond acceptors (Lipinski definition) is 3. The Labute approximate surface area is 206 Å². The quantitative estimate of drug-likeness (QED) is 0.286. The fourth-order valence-corrected chi connectivity index (χ4v) is 7.97. The van der Waals surface area contributed by atoms with Crippen molar-refractivity contribution in [1.29, 1.82) is 0 Å². The number of halogens is 1. The topological polar surface area (TPSA) is 54.5 Å². The molecule has 0 spiro atoms. The first-order chi connectivity index (χ1) is 15.3. The van der Waals surface area contributed by atoms with Gasteiger partial charge in [0.1, 0.15) is 0 Å². The van der Waals surface area contributed by atoms with Gasteiger partial charge in [0.05, 0.1) is 27.8 Å². The molecule has 0 saturated heterocycles. The second-order valence-electron chi connectivity index (χ2n) is 7.83. The van der Waals surface area contributed by atoms with Crippen molar-refractivity contribution in [2.45, 2.75) is 35.7 Å². The van der Waals surface area contributed by atoms with Gasteiger partial charge in [-0.25, -0.2) is 12.6 Å². The van der Waals surface area contributed by atoms with Crippen molar-refractivity contribution in [3.63, 3.8) is 0 Å². The summed E-state index contributed by atoms with van der Waals surface area (Å²) in [6, 6.07) is 22.9. The van der Waals surface area contributed by atoms with Gasteiger partial charge in [0.2, 0.25) is 10.0 Å². The predicted molar refractivity (Wildman–Crippen MR) is 138 cm³/mol. The van der Waals surface area contributed by atoms with Gasteiger partial charge in [-0.15, -0.1) is 0 Å². The van der Waals surface area contributed by atoms with E-state index < -0.39 is 32.9 Å². The van der Waals surface area contributed by atoms with Crippen LogP contribution in [0.25, 0.3) is 0 Å². The van der Waals surface area contributed by atoms with Gasteiger partial charge in [0.25, 0.3) is 0 Å². The van der Waals surface area contributed by atoms with Crippen LogP contribution in [-0.4, -0.2) is 27.4 Å². The number of nitrogens with zero attached hydrogens (tertiary/aromatic N) is 1. The van der Waals surface area contributed by atoms with E-state index in [-0.39, 0.29) is 4.90 Å². The monoisotopic (exact) mass is 577 g/mol. The third kappa shape index (κ3) is 4.48. The van der Waals surface area contributed by atoms with E-state index in [1.165, 1.54) is 4.31 Å². The smallest absolute Gasteiger partial charge is 0.244 e. The molecule has 0 amide bonds. The van der Waals surface area contributed by atoms with Crippen molar-refractivity contribution in [2.24, 2.45) is 0 Å². The van der Waals surface area contributed by atoms with Gasteiger partial charge in [-0.1, -0.05) is 94.4 Å². The fourth-order valence-electron chi connectivity index (χ4n) is 3.84. The van der Waals surface area contributed by atoms with Crippen LogP contribution >= 0.6 is 22.6 Å². The summed E-state index contributed by atoms with van der Waals surface area (Å²) in [6.45, 7) is 3.91. The molecule has 3 aromatic rings. The molecule has 0 bridgehead atoms. The molecule has 0 aromatic heterocycles. The molecule has 3 atom stereocenters. The van der Waals surface area contributed by atoms with Crippen LogP contribution < -0.4 is 0 Å². The number of aryl methyl sites for hydroxylation is 2. The summed E-state index contributed by atoms with van der Waals surface area (Å²) in [5, 5.41) is 0. The van der Waals surface area contributed by atoms with E-state index >= 15 is 0 Å². The van der Waals surface area contributed by atoms with Gasteiger partial charge in [-0.3, -0.25) is 0 Å². The lowest BCUT2D eigenvalue weighted by atomic mass is 10.1. The average molecular weight is 578 g/mol. The minimum atomic E-state index is -3.83. The molecule has 0 saturated carbocycles. The Balaban J connectivity index is 1.85. The Hall–Kier alpha value is -1.81. The number of sulfonamides is 1. The SMILES string of the molecule is Cc1ccc([S@](=O)C2=C[C@@H](CI)N(S(=O)(=O)c3ccc(C)cc3)[C@H]2c2ccccc2)cc1. The molecule has 0 fully saturated rings. The first-order valence-electron chi connectivity index (χ1n) is 10.2.